The van der Waals surface area contributed by atoms with E-state index in [9.17, 15) is 0 Å². The molecule has 0 amide bonds. The molecule has 1 aromatic heterocycles. The first-order valence-corrected chi connectivity index (χ1v) is 7.51. The van der Waals surface area contributed by atoms with Crippen molar-refractivity contribution in [1.82, 2.24) is 15.1 Å². The van der Waals surface area contributed by atoms with E-state index in [0.717, 1.165) is 13.0 Å². The minimum Gasteiger partial charge on any atom is -0.304 e. The third-order valence-electron chi connectivity index (χ3n) is 3.87. The van der Waals surface area contributed by atoms with E-state index in [4.69, 9.17) is 0 Å². The summed E-state index contributed by atoms with van der Waals surface area (Å²) >= 11 is 0. The van der Waals surface area contributed by atoms with Crippen LogP contribution in [0.4, 0.5) is 0 Å². The summed E-state index contributed by atoms with van der Waals surface area (Å²) in [7, 11) is 0. The van der Waals surface area contributed by atoms with Crippen molar-refractivity contribution in [3.63, 3.8) is 0 Å². The van der Waals surface area contributed by atoms with Gasteiger partial charge in [-0.25, -0.2) is 0 Å². The fourth-order valence-corrected chi connectivity index (χ4v) is 2.39. The zero-order valence-electron chi connectivity index (χ0n) is 12.9. The lowest BCUT2D eigenvalue weighted by Crippen LogP contribution is -2.22. The quantitative estimate of drug-likeness (QED) is 0.864. The first-order valence-electron chi connectivity index (χ1n) is 7.51. The van der Waals surface area contributed by atoms with Gasteiger partial charge in [-0.15, -0.1) is 0 Å². The lowest BCUT2D eigenvalue weighted by molar-refractivity contribution is 0.494. The second kappa shape index (κ2) is 6.71. The van der Waals surface area contributed by atoms with Crippen molar-refractivity contribution in [3.05, 3.63) is 53.3 Å². The summed E-state index contributed by atoms with van der Waals surface area (Å²) in [4.78, 5) is 0. The molecule has 0 aliphatic carbocycles. The van der Waals surface area contributed by atoms with Gasteiger partial charge in [0.15, 0.2) is 0 Å². The largest absolute Gasteiger partial charge is 0.304 e. The van der Waals surface area contributed by atoms with Crippen LogP contribution >= 0.6 is 0 Å². The van der Waals surface area contributed by atoms with Crippen LogP contribution in [0.2, 0.25) is 0 Å². The molecule has 0 aliphatic rings. The van der Waals surface area contributed by atoms with Gasteiger partial charge in [-0.3, -0.25) is 4.68 Å². The highest BCUT2D eigenvalue weighted by atomic mass is 15.3. The maximum absolute atomic E-state index is 4.34. The Morgan fingerprint density at radius 2 is 1.70 bits per heavy atom. The molecule has 1 aromatic carbocycles. The molecule has 3 heteroatoms. The summed E-state index contributed by atoms with van der Waals surface area (Å²) in [6.07, 6.45) is 5.16. The van der Waals surface area contributed by atoms with Crippen LogP contribution in [-0.2, 0) is 13.0 Å². The van der Waals surface area contributed by atoms with E-state index in [1.807, 2.05) is 10.9 Å². The fourth-order valence-electron chi connectivity index (χ4n) is 2.39. The number of benzene rings is 1. The van der Waals surface area contributed by atoms with E-state index in [2.05, 4.69) is 68.6 Å². The lowest BCUT2D eigenvalue weighted by Gasteiger charge is -2.19. The molecule has 0 radical (unpaired) electrons. The minimum absolute atomic E-state index is 0.302. The summed E-state index contributed by atoms with van der Waals surface area (Å²) in [5.41, 5.74) is 3.96. The average Bonchev–Trinajstić information content (AvgIpc) is 2.96. The first-order chi connectivity index (χ1) is 9.63. The van der Waals surface area contributed by atoms with Gasteiger partial charge in [-0.05, 0) is 38.3 Å². The number of hydrogen-bond acceptors (Lipinski definition) is 2. The summed E-state index contributed by atoms with van der Waals surface area (Å²) < 4.78 is 1.97. The first kappa shape index (κ1) is 14.8. The molecule has 1 heterocycles. The molecule has 2 atom stereocenters. The Kier molecular flexibility index (Phi) is 4.96. The van der Waals surface area contributed by atoms with Crippen molar-refractivity contribution >= 4 is 0 Å². The molecule has 0 saturated carbocycles. The molecule has 0 aliphatic heterocycles. The van der Waals surface area contributed by atoms with Gasteiger partial charge in [0.05, 0.1) is 6.20 Å². The topological polar surface area (TPSA) is 29.9 Å². The minimum atomic E-state index is 0.302. The van der Waals surface area contributed by atoms with Crippen LogP contribution in [0.1, 0.15) is 56.5 Å². The molecule has 0 saturated heterocycles. The molecule has 108 valence electrons. The predicted molar refractivity (Wildman–Crippen MR) is 83.7 cm³/mol. The summed E-state index contributed by atoms with van der Waals surface area (Å²) in [6, 6.07) is 9.51. The van der Waals surface area contributed by atoms with Gasteiger partial charge in [-0.2, -0.15) is 5.10 Å². The molecule has 2 aromatic rings. The monoisotopic (exact) mass is 271 g/mol. The van der Waals surface area contributed by atoms with Crippen molar-refractivity contribution in [3.8, 4) is 0 Å². The molecule has 0 fully saturated rings. The average molecular weight is 271 g/mol. The third-order valence-corrected chi connectivity index (χ3v) is 3.87. The summed E-state index contributed by atoms with van der Waals surface area (Å²) in [6.45, 7) is 9.60. The third kappa shape index (κ3) is 3.48. The molecular weight excluding hydrogens is 246 g/mol. The smallest absolute Gasteiger partial charge is 0.0537 e. The van der Waals surface area contributed by atoms with Crippen LogP contribution in [0.5, 0.6) is 0 Å². The number of aryl methyl sites for hydroxylation is 2. The Balaban J connectivity index is 2.00. The zero-order chi connectivity index (χ0) is 14.5. The molecule has 2 unspecified atom stereocenters. The number of hydrogen-bond donors (Lipinski definition) is 1. The van der Waals surface area contributed by atoms with E-state index in [1.165, 1.54) is 16.7 Å². The highest BCUT2D eigenvalue weighted by Crippen LogP contribution is 2.19. The maximum atomic E-state index is 4.34. The van der Waals surface area contributed by atoms with Gasteiger partial charge >= 0.3 is 0 Å². The molecule has 1 N–H and O–H groups in total. The van der Waals surface area contributed by atoms with Gasteiger partial charge in [0.1, 0.15) is 0 Å². The SMILES string of the molecule is CCc1ccc(C(C)NC(C)c2cnn(CC)c2)cc1. The fraction of sp³-hybridized carbons (Fsp3) is 0.471. The standard InChI is InChI=1S/C17H25N3/c1-5-15-7-9-16(10-8-15)13(3)19-14(4)17-11-18-20(6-2)12-17/h7-14,19H,5-6H2,1-4H3. The van der Waals surface area contributed by atoms with E-state index in [-0.39, 0.29) is 0 Å². The Labute approximate surface area is 122 Å². The highest BCUT2D eigenvalue weighted by molar-refractivity contribution is 5.25. The molecule has 2 rings (SSSR count). The number of nitrogens with one attached hydrogen (secondary N) is 1. The Morgan fingerprint density at radius 3 is 2.25 bits per heavy atom. The Bertz CT molecular complexity index is 527. The van der Waals surface area contributed by atoms with Crippen molar-refractivity contribution in [2.75, 3.05) is 0 Å². The molecule has 0 spiro atoms. The van der Waals surface area contributed by atoms with Crippen LogP contribution in [0.25, 0.3) is 0 Å². The van der Waals surface area contributed by atoms with E-state index < -0.39 is 0 Å². The van der Waals surface area contributed by atoms with Crippen LogP contribution in [0.15, 0.2) is 36.7 Å². The number of nitrogens with zero attached hydrogens (tertiary/aromatic N) is 2. The van der Waals surface area contributed by atoms with Gasteiger partial charge in [0, 0.05) is 30.4 Å². The van der Waals surface area contributed by atoms with E-state index in [0.29, 0.717) is 12.1 Å². The normalized spacial score (nSPS) is 14.2. The lowest BCUT2D eigenvalue weighted by atomic mass is 10.0. The van der Waals surface area contributed by atoms with Crippen LogP contribution in [0, 0.1) is 0 Å². The van der Waals surface area contributed by atoms with Crippen molar-refractivity contribution < 1.29 is 0 Å². The van der Waals surface area contributed by atoms with Gasteiger partial charge in [-0.1, -0.05) is 31.2 Å². The van der Waals surface area contributed by atoms with Crippen molar-refractivity contribution in [1.29, 1.82) is 0 Å². The molecule has 20 heavy (non-hydrogen) atoms. The molecular formula is C17H25N3. The maximum Gasteiger partial charge on any atom is 0.0537 e. The highest BCUT2D eigenvalue weighted by Gasteiger charge is 2.12. The predicted octanol–water partition coefficient (Wildman–Crippen LogP) is 3.88. The van der Waals surface area contributed by atoms with E-state index >= 15 is 0 Å². The summed E-state index contributed by atoms with van der Waals surface area (Å²) in [5, 5.41) is 7.97. The van der Waals surface area contributed by atoms with Crippen LogP contribution < -0.4 is 5.32 Å². The van der Waals surface area contributed by atoms with Gasteiger partial charge in [0.25, 0.3) is 0 Å². The zero-order valence-corrected chi connectivity index (χ0v) is 12.9. The van der Waals surface area contributed by atoms with Crippen molar-refractivity contribution in [2.24, 2.45) is 0 Å². The van der Waals surface area contributed by atoms with Gasteiger partial charge in [0.2, 0.25) is 0 Å². The molecule has 0 bridgehead atoms. The Hall–Kier alpha value is -1.61. The van der Waals surface area contributed by atoms with Crippen molar-refractivity contribution in [2.45, 2.75) is 52.7 Å². The molecule has 3 nitrogen and oxygen atoms in total. The summed E-state index contributed by atoms with van der Waals surface area (Å²) in [5.74, 6) is 0. The Morgan fingerprint density at radius 1 is 1.05 bits per heavy atom. The van der Waals surface area contributed by atoms with Crippen LogP contribution in [0.3, 0.4) is 0 Å². The van der Waals surface area contributed by atoms with Crippen LogP contribution in [-0.4, -0.2) is 9.78 Å². The van der Waals surface area contributed by atoms with Gasteiger partial charge < -0.3 is 5.32 Å². The second-order valence-electron chi connectivity index (χ2n) is 5.33. The number of rotatable bonds is 6. The second-order valence-corrected chi connectivity index (χ2v) is 5.33. The van der Waals surface area contributed by atoms with E-state index in [1.54, 1.807) is 0 Å². The number of aromatic nitrogens is 2.